The van der Waals surface area contributed by atoms with Gasteiger partial charge in [-0.3, -0.25) is 4.68 Å². The van der Waals surface area contributed by atoms with Crippen molar-refractivity contribution < 1.29 is 4.39 Å². The smallest absolute Gasteiger partial charge is 0.128 e. The number of aryl methyl sites for hydroxylation is 1. The number of hydrogen-bond donors (Lipinski definition) is 1. The second-order valence-corrected chi connectivity index (χ2v) is 5.33. The van der Waals surface area contributed by atoms with E-state index in [1.54, 1.807) is 6.07 Å². The van der Waals surface area contributed by atoms with Crippen LogP contribution >= 0.6 is 15.9 Å². The standard InChI is InChI=1S/C14H17BrFN3/c1-3-19-9-10(8-18-19)6-14(17-2)12-7-11(15)4-5-13(12)16/h4-5,7-9,14,17H,3,6H2,1-2H3. The van der Waals surface area contributed by atoms with E-state index in [2.05, 4.69) is 26.3 Å². The van der Waals surface area contributed by atoms with Gasteiger partial charge >= 0.3 is 0 Å². The zero-order valence-electron chi connectivity index (χ0n) is 11.0. The van der Waals surface area contributed by atoms with Gasteiger partial charge in [-0.1, -0.05) is 15.9 Å². The molecule has 0 fully saturated rings. The Hall–Kier alpha value is -1.20. The lowest BCUT2D eigenvalue weighted by molar-refractivity contribution is 0.533. The average Bonchev–Trinajstić information content (AvgIpc) is 2.87. The largest absolute Gasteiger partial charge is 0.313 e. The van der Waals surface area contributed by atoms with E-state index in [1.165, 1.54) is 6.07 Å². The summed E-state index contributed by atoms with van der Waals surface area (Å²) < 4.78 is 16.7. The summed E-state index contributed by atoms with van der Waals surface area (Å²) in [6, 6.07) is 4.95. The minimum Gasteiger partial charge on any atom is -0.313 e. The first-order valence-electron chi connectivity index (χ1n) is 6.27. The highest BCUT2D eigenvalue weighted by Gasteiger charge is 2.15. The van der Waals surface area contributed by atoms with Crippen molar-refractivity contribution >= 4 is 15.9 Å². The lowest BCUT2D eigenvalue weighted by Gasteiger charge is -2.17. The maximum Gasteiger partial charge on any atom is 0.128 e. The Bertz CT molecular complexity index is 553. The van der Waals surface area contributed by atoms with Gasteiger partial charge in [-0.05, 0) is 44.2 Å². The molecule has 0 aliphatic rings. The summed E-state index contributed by atoms with van der Waals surface area (Å²) in [5.41, 5.74) is 1.77. The Morgan fingerprint density at radius 2 is 2.26 bits per heavy atom. The zero-order valence-corrected chi connectivity index (χ0v) is 12.6. The number of likely N-dealkylation sites (N-methyl/N-ethyl adjacent to an activating group) is 1. The monoisotopic (exact) mass is 325 g/mol. The molecule has 0 amide bonds. The Morgan fingerprint density at radius 1 is 1.47 bits per heavy atom. The molecule has 1 unspecified atom stereocenters. The van der Waals surface area contributed by atoms with Gasteiger partial charge < -0.3 is 5.32 Å². The molecule has 19 heavy (non-hydrogen) atoms. The van der Waals surface area contributed by atoms with Crippen molar-refractivity contribution in [3.8, 4) is 0 Å². The summed E-state index contributed by atoms with van der Waals surface area (Å²) in [5, 5.41) is 7.41. The molecule has 0 radical (unpaired) electrons. The third kappa shape index (κ3) is 3.42. The molecule has 2 aromatic rings. The molecule has 2 rings (SSSR count). The van der Waals surface area contributed by atoms with Gasteiger partial charge in [0.15, 0.2) is 0 Å². The summed E-state index contributed by atoms with van der Waals surface area (Å²) in [4.78, 5) is 0. The van der Waals surface area contributed by atoms with Gasteiger partial charge in [0, 0.05) is 28.8 Å². The Kier molecular flexibility index (Phi) is 4.71. The van der Waals surface area contributed by atoms with Crippen LogP contribution in [0.2, 0.25) is 0 Å². The summed E-state index contributed by atoms with van der Waals surface area (Å²) in [5.74, 6) is -0.189. The van der Waals surface area contributed by atoms with E-state index in [4.69, 9.17) is 0 Å². The van der Waals surface area contributed by atoms with Crippen molar-refractivity contribution in [1.82, 2.24) is 15.1 Å². The van der Waals surface area contributed by atoms with Crippen molar-refractivity contribution in [2.24, 2.45) is 0 Å². The molecule has 0 saturated heterocycles. The molecule has 0 aliphatic heterocycles. The maximum atomic E-state index is 13.9. The molecule has 0 saturated carbocycles. The van der Waals surface area contributed by atoms with Crippen LogP contribution in [0.3, 0.4) is 0 Å². The lowest BCUT2D eigenvalue weighted by atomic mass is 10.0. The predicted molar refractivity (Wildman–Crippen MR) is 77.5 cm³/mol. The van der Waals surface area contributed by atoms with Crippen LogP contribution in [0.25, 0.3) is 0 Å². The number of hydrogen-bond acceptors (Lipinski definition) is 2. The van der Waals surface area contributed by atoms with Crippen molar-refractivity contribution in [2.45, 2.75) is 25.9 Å². The molecule has 1 N–H and O–H groups in total. The van der Waals surface area contributed by atoms with E-state index in [9.17, 15) is 4.39 Å². The second kappa shape index (κ2) is 6.30. The Morgan fingerprint density at radius 3 is 2.89 bits per heavy atom. The Labute approximate surface area is 121 Å². The molecular formula is C14H17BrFN3. The van der Waals surface area contributed by atoms with Crippen LogP contribution in [0.5, 0.6) is 0 Å². The van der Waals surface area contributed by atoms with E-state index >= 15 is 0 Å². The third-order valence-corrected chi connectivity index (χ3v) is 3.63. The van der Waals surface area contributed by atoms with E-state index in [-0.39, 0.29) is 11.9 Å². The van der Waals surface area contributed by atoms with Gasteiger partial charge in [0.1, 0.15) is 5.82 Å². The van der Waals surface area contributed by atoms with E-state index < -0.39 is 0 Å². The summed E-state index contributed by atoms with van der Waals surface area (Å²) in [6.07, 6.45) is 4.55. The minimum atomic E-state index is -0.189. The van der Waals surface area contributed by atoms with Gasteiger partial charge in [-0.25, -0.2) is 4.39 Å². The fourth-order valence-electron chi connectivity index (χ4n) is 2.07. The zero-order chi connectivity index (χ0) is 13.8. The van der Waals surface area contributed by atoms with Gasteiger partial charge in [-0.15, -0.1) is 0 Å². The van der Waals surface area contributed by atoms with Gasteiger partial charge in [0.25, 0.3) is 0 Å². The molecule has 5 heteroatoms. The van der Waals surface area contributed by atoms with Gasteiger partial charge in [0.05, 0.1) is 6.20 Å². The molecule has 1 atom stereocenters. The molecule has 0 bridgehead atoms. The van der Waals surface area contributed by atoms with E-state index in [0.29, 0.717) is 12.0 Å². The average molecular weight is 326 g/mol. The molecule has 102 valence electrons. The van der Waals surface area contributed by atoms with Crippen LogP contribution in [-0.2, 0) is 13.0 Å². The molecular weight excluding hydrogens is 309 g/mol. The SMILES string of the molecule is CCn1cc(CC(NC)c2cc(Br)ccc2F)cn1. The molecule has 1 heterocycles. The maximum absolute atomic E-state index is 13.9. The van der Waals surface area contributed by atoms with Crippen LogP contribution < -0.4 is 5.32 Å². The predicted octanol–water partition coefficient (Wildman–Crippen LogP) is 3.31. The first-order valence-corrected chi connectivity index (χ1v) is 7.07. The lowest BCUT2D eigenvalue weighted by Crippen LogP contribution is -2.20. The summed E-state index contributed by atoms with van der Waals surface area (Å²) in [7, 11) is 1.84. The summed E-state index contributed by atoms with van der Waals surface area (Å²) >= 11 is 3.38. The molecule has 0 spiro atoms. The number of aromatic nitrogens is 2. The fraction of sp³-hybridized carbons (Fsp3) is 0.357. The number of nitrogens with zero attached hydrogens (tertiary/aromatic N) is 2. The van der Waals surface area contributed by atoms with Gasteiger partial charge in [-0.2, -0.15) is 5.10 Å². The number of benzene rings is 1. The topological polar surface area (TPSA) is 29.9 Å². The van der Waals surface area contributed by atoms with Crippen LogP contribution in [0.1, 0.15) is 24.1 Å². The quantitative estimate of drug-likeness (QED) is 0.914. The van der Waals surface area contributed by atoms with Gasteiger partial charge in [0.2, 0.25) is 0 Å². The van der Waals surface area contributed by atoms with E-state index in [0.717, 1.165) is 16.6 Å². The molecule has 1 aromatic carbocycles. The normalized spacial score (nSPS) is 12.6. The van der Waals surface area contributed by atoms with Crippen LogP contribution in [0, 0.1) is 5.82 Å². The first kappa shape index (κ1) is 14.2. The highest BCUT2D eigenvalue weighted by Crippen LogP contribution is 2.24. The fourth-order valence-corrected chi connectivity index (χ4v) is 2.45. The van der Waals surface area contributed by atoms with Crippen molar-refractivity contribution in [3.05, 3.63) is 52.0 Å². The second-order valence-electron chi connectivity index (χ2n) is 4.42. The van der Waals surface area contributed by atoms with Crippen molar-refractivity contribution in [2.75, 3.05) is 7.05 Å². The molecule has 0 aliphatic carbocycles. The van der Waals surface area contributed by atoms with Crippen LogP contribution in [-0.4, -0.2) is 16.8 Å². The van der Waals surface area contributed by atoms with Crippen LogP contribution in [0.4, 0.5) is 4.39 Å². The minimum absolute atomic E-state index is 0.0630. The molecule has 1 aromatic heterocycles. The highest BCUT2D eigenvalue weighted by molar-refractivity contribution is 9.10. The van der Waals surface area contributed by atoms with Crippen molar-refractivity contribution in [1.29, 1.82) is 0 Å². The third-order valence-electron chi connectivity index (χ3n) is 3.13. The number of nitrogens with one attached hydrogen (secondary N) is 1. The Balaban J connectivity index is 2.22. The summed E-state index contributed by atoms with van der Waals surface area (Å²) in [6.45, 7) is 2.88. The van der Waals surface area contributed by atoms with Crippen LogP contribution in [0.15, 0.2) is 35.1 Å². The number of halogens is 2. The molecule has 3 nitrogen and oxygen atoms in total. The highest BCUT2D eigenvalue weighted by atomic mass is 79.9. The number of rotatable bonds is 5. The first-order chi connectivity index (χ1) is 9.13. The van der Waals surface area contributed by atoms with Crippen molar-refractivity contribution in [3.63, 3.8) is 0 Å². The van der Waals surface area contributed by atoms with E-state index in [1.807, 2.05) is 37.1 Å².